The summed E-state index contributed by atoms with van der Waals surface area (Å²) < 4.78 is 27.5. The molecule has 0 atom stereocenters. The van der Waals surface area contributed by atoms with Gasteiger partial charge in [-0.05, 0) is 31.0 Å². The molecule has 1 aromatic rings. The van der Waals surface area contributed by atoms with Gasteiger partial charge in [0.25, 0.3) is 0 Å². The molecule has 0 aromatic heterocycles. The van der Waals surface area contributed by atoms with Gasteiger partial charge in [-0.3, -0.25) is 0 Å². The van der Waals surface area contributed by atoms with E-state index < -0.39 is 15.6 Å². The van der Waals surface area contributed by atoms with Gasteiger partial charge in [0.05, 0.1) is 15.4 Å². The molecule has 8 heteroatoms. The number of benzene rings is 1. The van der Waals surface area contributed by atoms with Crippen LogP contribution in [0.1, 0.15) is 25.7 Å². The maximum absolute atomic E-state index is 12.5. The molecule has 4 nitrogen and oxygen atoms in total. The number of rotatable bonds is 4. The van der Waals surface area contributed by atoms with Crippen LogP contribution in [0.2, 0.25) is 10.0 Å². The molecule has 20 heavy (non-hydrogen) atoms. The highest BCUT2D eigenvalue weighted by Crippen LogP contribution is 2.32. The lowest BCUT2D eigenvalue weighted by Crippen LogP contribution is -2.54. The lowest BCUT2D eigenvalue weighted by atomic mass is 10.00. The molecule has 3 N–H and O–H groups in total. The van der Waals surface area contributed by atoms with Gasteiger partial charge in [0.15, 0.2) is 0 Å². The van der Waals surface area contributed by atoms with Crippen molar-refractivity contribution in [2.24, 2.45) is 5.73 Å². The largest absolute Gasteiger partial charge is 0.392 e. The van der Waals surface area contributed by atoms with Crippen molar-refractivity contribution in [3.63, 3.8) is 0 Å². The lowest BCUT2D eigenvalue weighted by molar-refractivity contribution is 0.503. The number of thiocarbonyl (C=S) groups is 1. The average molecular weight is 353 g/mol. The number of nitrogens with two attached hydrogens (primary N) is 1. The Balaban J connectivity index is 2.38. The van der Waals surface area contributed by atoms with Gasteiger partial charge in [0.2, 0.25) is 10.0 Å². The van der Waals surface area contributed by atoms with E-state index >= 15 is 0 Å². The Bertz CT molecular complexity index is 621. The summed E-state index contributed by atoms with van der Waals surface area (Å²) in [6.45, 7) is 0. The molecule has 0 saturated heterocycles. The van der Waals surface area contributed by atoms with Crippen molar-refractivity contribution >= 4 is 50.4 Å². The third-order valence-electron chi connectivity index (χ3n) is 3.40. The predicted octanol–water partition coefficient (Wildman–Crippen LogP) is 2.87. The Hall–Kier alpha value is -0.400. The Labute approximate surface area is 133 Å². The fourth-order valence-corrected chi connectivity index (χ4v) is 4.86. The van der Waals surface area contributed by atoms with Crippen LogP contribution in [-0.2, 0) is 10.0 Å². The quantitative estimate of drug-likeness (QED) is 0.817. The first-order chi connectivity index (χ1) is 9.25. The third-order valence-corrected chi connectivity index (χ3v) is 5.75. The average Bonchev–Trinajstić information content (AvgIpc) is 2.76. The number of hydrogen-bond donors (Lipinski definition) is 2. The fourth-order valence-electron chi connectivity index (χ4n) is 2.38. The Morgan fingerprint density at radius 3 is 2.15 bits per heavy atom. The van der Waals surface area contributed by atoms with Crippen molar-refractivity contribution < 1.29 is 8.42 Å². The summed E-state index contributed by atoms with van der Waals surface area (Å²) in [5.41, 5.74) is 4.89. The van der Waals surface area contributed by atoms with Crippen LogP contribution >= 0.6 is 35.4 Å². The molecule has 0 amide bonds. The van der Waals surface area contributed by atoms with E-state index in [0.29, 0.717) is 12.8 Å². The second kappa shape index (κ2) is 5.77. The molecule has 2 rings (SSSR count). The van der Waals surface area contributed by atoms with Crippen molar-refractivity contribution in [3.05, 3.63) is 28.2 Å². The third kappa shape index (κ3) is 3.26. The summed E-state index contributed by atoms with van der Waals surface area (Å²) in [4.78, 5) is 0.184. The molecule has 0 radical (unpaired) electrons. The van der Waals surface area contributed by atoms with E-state index in [0.717, 1.165) is 12.8 Å². The minimum absolute atomic E-state index is 0.0116. The summed E-state index contributed by atoms with van der Waals surface area (Å²) in [6.07, 6.45) is 2.98. The first kappa shape index (κ1) is 16.0. The van der Waals surface area contributed by atoms with Gasteiger partial charge in [0.1, 0.15) is 0 Å². The zero-order chi connectivity index (χ0) is 15.0. The second-order valence-corrected chi connectivity index (χ2v) is 7.86. The second-order valence-electron chi connectivity index (χ2n) is 4.86. The van der Waals surface area contributed by atoms with Crippen molar-refractivity contribution in [1.82, 2.24) is 4.72 Å². The Morgan fingerprint density at radius 1 is 1.20 bits per heavy atom. The molecule has 0 heterocycles. The number of halogens is 2. The summed E-state index contributed by atoms with van der Waals surface area (Å²) in [5.74, 6) is 0. The van der Waals surface area contributed by atoms with Gasteiger partial charge >= 0.3 is 0 Å². The monoisotopic (exact) mass is 352 g/mol. The molecule has 1 aliphatic carbocycles. The minimum Gasteiger partial charge on any atom is -0.392 e. The van der Waals surface area contributed by atoms with Crippen LogP contribution in [0.3, 0.4) is 0 Å². The summed E-state index contributed by atoms with van der Waals surface area (Å²) in [6, 6.07) is 4.16. The van der Waals surface area contributed by atoms with Gasteiger partial charge in [-0.15, -0.1) is 0 Å². The molecule has 1 aromatic carbocycles. The topological polar surface area (TPSA) is 72.2 Å². The number of sulfonamides is 1. The predicted molar refractivity (Wildman–Crippen MR) is 84.8 cm³/mol. The lowest BCUT2D eigenvalue weighted by Gasteiger charge is -2.28. The normalized spacial score (nSPS) is 18.1. The highest BCUT2D eigenvalue weighted by molar-refractivity contribution is 7.89. The van der Waals surface area contributed by atoms with Crippen LogP contribution in [-0.4, -0.2) is 18.9 Å². The summed E-state index contributed by atoms with van der Waals surface area (Å²) in [5, 5.41) is 0.516. The summed E-state index contributed by atoms with van der Waals surface area (Å²) >= 11 is 16.7. The van der Waals surface area contributed by atoms with Crippen LogP contribution in [0.5, 0.6) is 0 Å². The Morgan fingerprint density at radius 2 is 1.70 bits per heavy atom. The van der Waals surface area contributed by atoms with Gasteiger partial charge < -0.3 is 5.73 Å². The molecule has 110 valence electrons. The van der Waals surface area contributed by atoms with Crippen LogP contribution in [0, 0.1) is 0 Å². The highest BCUT2D eigenvalue weighted by atomic mass is 35.5. The number of hydrogen-bond acceptors (Lipinski definition) is 3. The molecule has 0 unspecified atom stereocenters. The van der Waals surface area contributed by atoms with E-state index in [1.807, 2.05) is 0 Å². The van der Waals surface area contributed by atoms with Gasteiger partial charge in [-0.1, -0.05) is 48.3 Å². The van der Waals surface area contributed by atoms with Crippen molar-refractivity contribution in [2.45, 2.75) is 36.1 Å². The van der Waals surface area contributed by atoms with E-state index in [1.54, 1.807) is 0 Å². The highest BCUT2D eigenvalue weighted by Gasteiger charge is 2.40. The first-order valence-electron chi connectivity index (χ1n) is 6.05. The maximum atomic E-state index is 12.5. The van der Waals surface area contributed by atoms with Gasteiger partial charge in [0, 0.05) is 10.0 Å². The van der Waals surface area contributed by atoms with E-state index in [2.05, 4.69) is 4.72 Å². The molecule has 0 aliphatic heterocycles. The van der Waals surface area contributed by atoms with Crippen LogP contribution < -0.4 is 10.5 Å². The van der Waals surface area contributed by atoms with E-state index in [-0.39, 0.29) is 19.9 Å². The zero-order valence-corrected chi connectivity index (χ0v) is 13.7. The van der Waals surface area contributed by atoms with Gasteiger partial charge in [-0.2, -0.15) is 4.72 Å². The minimum atomic E-state index is -3.78. The molecule has 1 fully saturated rings. The molecule has 1 aliphatic rings. The van der Waals surface area contributed by atoms with Gasteiger partial charge in [-0.25, -0.2) is 8.42 Å². The standard InChI is InChI=1S/C12H14Cl2N2O2S2/c13-8-5-9(14)7-10(6-8)20(17,18)16-12(11(15)19)3-1-2-4-12/h5-7,16H,1-4H2,(H2,15,19). The molecule has 0 bridgehead atoms. The first-order valence-corrected chi connectivity index (χ1v) is 8.70. The fraction of sp³-hybridized carbons (Fsp3) is 0.417. The molecular formula is C12H14Cl2N2O2S2. The van der Waals surface area contributed by atoms with Crippen LogP contribution in [0.15, 0.2) is 23.1 Å². The molecule has 0 spiro atoms. The summed E-state index contributed by atoms with van der Waals surface area (Å²) in [7, 11) is -3.78. The van der Waals surface area contributed by atoms with Crippen molar-refractivity contribution in [3.8, 4) is 0 Å². The van der Waals surface area contributed by atoms with E-state index in [1.165, 1.54) is 18.2 Å². The maximum Gasteiger partial charge on any atom is 0.241 e. The van der Waals surface area contributed by atoms with E-state index in [4.69, 9.17) is 41.2 Å². The molecular weight excluding hydrogens is 339 g/mol. The SMILES string of the molecule is NC(=S)C1(NS(=O)(=O)c2cc(Cl)cc(Cl)c2)CCCC1. The van der Waals surface area contributed by atoms with Crippen LogP contribution in [0.4, 0.5) is 0 Å². The number of nitrogens with one attached hydrogen (secondary N) is 1. The van der Waals surface area contributed by atoms with Crippen molar-refractivity contribution in [1.29, 1.82) is 0 Å². The Kier molecular flexibility index (Phi) is 4.61. The van der Waals surface area contributed by atoms with Crippen LogP contribution in [0.25, 0.3) is 0 Å². The van der Waals surface area contributed by atoms with Crippen molar-refractivity contribution in [2.75, 3.05) is 0 Å². The zero-order valence-electron chi connectivity index (χ0n) is 10.5. The molecule has 1 saturated carbocycles. The van der Waals surface area contributed by atoms with E-state index in [9.17, 15) is 8.42 Å². The smallest absolute Gasteiger partial charge is 0.241 e.